The summed E-state index contributed by atoms with van der Waals surface area (Å²) >= 11 is 0. The highest BCUT2D eigenvalue weighted by Gasteiger charge is 2.35. The zero-order chi connectivity index (χ0) is 19.3. The first-order valence-corrected chi connectivity index (χ1v) is 9.59. The van der Waals surface area contributed by atoms with Crippen LogP contribution in [0.3, 0.4) is 0 Å². The van der Waals surface area contributed by atoms with E-state index in [-0.39, 0.29) is 11.9 Å². The van der Waals surface area contributed by atoms with Crippen LogP contribution in [-0.4, -0.2) is 57.1 Å². The lowest BCUT2D eigenvalue weighted by atomic mass is 9.91. The van der Waals surface area contributed by atoms with Crippen molar-refractivity contribution < 1.29 is 9.21 Å². The van der Waals surface area contributed by atoms with Crippen LogP contribution in [0.25, 0.3) is 0 Å². The molecule has 3 heterocycles. The number of H-pyrrole nitrogens is 1. The molecule has 1 saturated heterocycles. The summed E-state index contributed by atoms with van der Waals surface area (Å²) in [6.07, 6.45) is 3.21. The van der Waals surface area contributed by atoms with Crippen molar-refractivity contribution in [3.05, 3.63) is 60.3 Å². The van der Waals surface area contributed by atoms with Crippen LogP contribution in [0.1, 0.15) is 29.7 Å². The number of piperidine rings is 1. The highest BCUT2D eigenvalue weighted by atomic mass is 16.3. The minimum absolute atomic E-state index is 0.0895. The molecule has 0 aliphatic carbocycles. The van der Waals surface area contributed by atoms with Crippen molar-refractivity contribution in [2.45, 2.75) is 25.8 Å². The van der Waals surface area contributed by atoms with Crippen molar-refractivity contribution >= 4 is 11.6 Å². The Balaban J connectivity index is 1.48. The number of amides is 1. The summed E-state index contributed by atoms with van der Waals surface area (Å²) in [6.45, 7) is 4.92. The zero-order valence-electron chi connectivity index (χ0n) is 15.9. The second kappa shape index (κ2) is 8.35. The van der Waals surface area contributed by atoms with Crippen LogP contribution in [0.4, 0.5) is 5.69 Å². The highest BCUT2D eigenvalue weighted by Crippen LogP contribution is 2.29. The number of hydrogen-bond donors (Lipinski definition) is 1. The van der Waals surface area contributed by atoms with Crippen LogP contribution < -0.4 is 4.90 Å². The summed E-state index contributed by atoms with van der Waals surface area (Å²) in [4.78, 5) is 17.5. The van der Waals surface area contributed by atoms with Gasteiger partial charge in [0.05, 0.1) is 6.26 Å². The first-order chi connectivity index (χ1) is 13.7. The lowest BCUT2D eigenvalue weighted by Gasteiger charge is -2.42. The van der Waals surface area contributed by atoms with Gasteiger partial charge in [-0.05, 0) is 36.6 Å². The van der Waals surface area contributed by atoms with Crippen molar-refractivity contribution in [2.24, 2.45) is 5.92 Å². The van der Waals surface area contributed by atoms with E-state index in [1.165, 1.54) is 0 Å². The lowest BCUT2D eigenvalue weighted by molar-refractivity contribution is 0.0906. The number of likely N-dealkylation sites (tertiary alicyclic amines) is 1. The van der Waals surface area contributed by atoms with E-state index in [4.69, 9.17) is 4.42 Å². The maximum absolute atomic E-state index is 13.2. The van der Waals surface area contributed by atoms with Gasteiger partial charge >= 0.3 is 0 Å². The normalized spacial score (nSPS) is 20.2. The van der Waals surface area contributed by atoms with Gasteiger partial charge < -0.3 is 14.2 Å². The SMILES string of the molecule is C[C@H]1CN(CCc2nn[nH]n2)CC[C@H]1N(C(=O)c1ccco1)c1ccccc1. The van der Waals surface area contributed by atoms with Crippen LogP contribution in [0, 0.1) is 5.92 Å². The van der Waals surface area contributed by atoms with Crippen molar-refractivity contribution in [2.75, 3.05) is 24.5 Å². The quantitative estimate of drug-likeness (QED) is 0.706. The van der Waals surface area contributed by atoms with E-state index in [1.807, 2.05) is 35.2 Å². The summed E-state index contributed by atoms with van der Waals surface area (Å²) in [5.74, 6) is 1.33. The van der Waals surface area contributed by atoms with Gasteiger partial charge in [-0.25, -0.2) is 0 Å². The summed E-state index contributed by atoms with van der Waals surface area (Å²) in [6, 6.07) is 13.4. The Bertz CT molecular complexity index is 866. The number of furan rings is 1. The van der Waals surface area contributed by atoms with Gasteiger partial charge in [-0.1, -0.05) is 30.3 Å². The molecule has 2 atom stereocenters. The predicted molar refractivity (Wildman–Crippen MR) is 104 cm³/mol. The Hall–Kier alpha value is -3.00. The number of aromatic amines is 1. The number of benzene rings is 1. The molecule has 1 aliphatic heterocycles. The van der Waals surface area contributed by atoms with Crippen molar-refractivity contribution in [3.63, 3.8) is 0 Å². The van der Waals surface area contributed by atoms with Gasteiger partial charge in [0.25, 0.3) is 5.91 Å². The molecule has 1 fully saturated rings. The van der Waals surface area contributed by atoms with Gasteiger partial charge in [-0.2, -0.15) is 5.21 Å². The smallest absolute Gasteiger partial charge is 0.294 e. The maximum Gasteiger partial charge on any atom is 0.294 e. The largest absolute Gasteiger partial charge is 0.459 e. The third kappa shape index (κ3) is 3.96. The van der Waals surface area contributed by atoms with Crippen molar-refractivity contribution in [3.8, 4) is 0 Å². The molecular weight excluding hydrogens is 356 g/mol. The second-order valence-electron chi connectivity index (χ2n) is 7.20. The Kier molecular flexibility index (Phi) is 5.48. The molecule has 3 aromatic rings. The molecule has 8 heteroatoms. The number of aromatic nitrogens is 4. The van der Waals surface area contributed by atoms with Crippen molar-refractivity contribution in [1.29, 1.82) is 0 Å². The average Bonchev–Trinajstić information content (AvgIpc) is 3.43. The van der Waals surface area contributed by atoms with Gasteiger partial charge in [-0.15, -0.1) is 10.2 Å². The van der Waals surface area contributed by atoms with E-state index >= 15 is 0 Å². The molecular formula is C20H24N6O2. The van der Waals surface area contributed by atoms with Gasteiger partial charge in [0, 0.05) is 37.8 Å². The van der Waals surface area contributed by atoms with E-state index < -0.39 is 0 Å². The number of tetrazole rings is 1. The fourth-order valence-electron chi connectivity index (χ4n) is 3.92. The molecule has 2 aromatic heterocycles. The summed E-state index contributed by atoms with van der Waals surface area (Å²) in [5.41, 5.74) is 0.904. The Morgan fingerprint density at radius 2 is 2.14 bits per heavy atom. The second-order valence-corrected chi connectivity index (χ2v) is 7.20. The van der Waals surface area contributed by atoms with Crippen LogP contribution in [0.2, 0.25) is 0 Å². The molecule has 1 aliphatic rings. The predicted octanol–water partition coefficient (Wildman–Crippen LogP) is 2.39. The molecule has 28 heavy (non-hydrogen) atoms. The molecule has 4 rings (SSSR count). The lowest BCUT2D eigenvalue weighted by Crippen LogP contribution is -2.52. The zero-order valence-corrected chi connectivity index (χ0v) is 15.9. The molecule has 1 aromatic carbocycles. The molecule has 0 spiro atoms. The molecule has 0 unspecified atom stereocenters. The molecule has 8 nitrogen and oxygen atoms in total. The van der Waals surface area contributed by atoms with Gasteiger partial charge in [0.15, 0.2) is 11.6 Å². The number of rotatable bonds is 6. The first-order valence-electron chi connectivity index (χ1n) is 9.59. The highest BCUT2D eigenvalue weighted by molar-refractivity contribution is 6.04. The molecule has 146 valence electrons. The van der Waals surface area contributed by atoms with E-state index in [2.05, 4.69) is 32.4 Å². The number of carbonyl (C=O) groups excluding carboxylic acids is 1. The number of hydrogen-bond acceptors (Lipinski definition) is 6. The van der Waals surface area contributed by atoms with E-state index in [0.717, 1.165) is 44.0 Å². The summed E-state index contributed by atoms with van der Waals surface area (Å²) < 4.78 is 5.40. The minimum atomic E-state index is -0.0895. The fraction of sp³-hybridized carbons (Fsp3) is 0.400. The van der Waals surface area contributed by atoms with Crippen LogP contribution in [0.5, 0.6) is 0 Å². The number of anilines is 1. The first kappa shape index (κ1) is 18.4. The third-order valence-electron chi connectivity index (χ3n) is 5.30. The maximum atomic E-state index is 13.2. The number of para-hydroxylation sites is 1. The van der Waals surface area contributed by atoms with Crippen molar-refractivity contribution in [1.82, 2.24) is 25.5 Å². The number of carbonyl (C=O) groups is 1. The topological polar surface area (TPSA) is 91.2 Å². The number of nitrogens with one attached hydrogen (secondary N) is 1. The molecule has 0 saturated carbocycles. The van der Waals surface area contributed by atoms with Crippen LogP contribution in [0.15, 0.2) is 53.1 Å². The van der Waals surface area contributed by atoms with Gasteiger partial charge in [-0.3, -0.25) is 4.79 Å². The van der Waals surface area contributed by atoms with E-state index in [1.54, 1.807) is 18.4 Å². The third-order valence-corrected chi connectivity index (χ3v) is 5.30. The van der Waals surface area contributed by atoms with Crippen LogP contribution >= 0.6 is 0 Å². The Labute approximate surface area is 163 Å². The van der Waals surface area contributed by atoms with E-state index in [0.29, 0.717) is 11.7 Å². The molecule has 1 amide bonds. The molecule has 0 bridgehead atoms. The van der Waals surface area contributed by atoms with E-state index in [9.17, 15) is 4.79 Å². The number of nitrogens with zero attached hydrogens (tertiary/aromatic N) is 5. The van der Waals surface area contributed by atoms with Crippen LogP contribution in [-0.2, 0) is 6.42 Å². The molecule has 0 radical (unpaired) electrons. The minimum Gasteiger partial charge on any atom is -0.459 e. The fourth-order valence-corrected chi connectivity index (χ4v) is 3.92. The van der Waals surface area contributed by atoms with Gasteiger partial charge in [0.1, 0.15) is 0 Å². The average molecular weight is 380 g/mol. The summed E-state index contributed by atoms with van der Waals surface area (Å²) in [7, 11) is 0. The summed E-state index contributed by atoms with van der Waals surface area (Å²) in [5, 5.41) is 14.1. The monoisotopic (exact) mass is 380 g/mol. The Morgan fingerprint density at radius 1 is 1.29 bits per heavy atom. The Morgan fingerprint density at radius 3 is 2.82 bits per heavy atom. The standard InChI is InChI=1S/C20H24N6O2/c1-15-14-25(12-10-19-21-23-24-22-19)11-9-17(15)26(16-6-3-2-4-7-16)20(27)18-8-5-13-28-18/h2-8,13,15,17H,9-12,14H2,1H3,(H,21,22,23,24)/t15-,17+/m0/s1. The van der Waals surface area contributed by atoms with Gasteiger partial charge in [0.2, 0.25) is 0 Å². The molecule has 1 N–H and O–H groups in total.